The van der Waals surface area contributed by atoms with Crippen LogP contribution in [0.2, 0.25) is 0 Å². The predicted octanol–water partition coefficient (Wildman–Crippen LogP) is 2.62. The fourth-order valence-electron chi connectivity index (χ4n) is 6.24. The topological polar surface area (TPSA) is 29.3 Å². The maximum Gasteiger partial charge on any atom is 0.0180 e. The van der Waals surface area contributed by atoms with Gasteiger partial charge in [-0.1, -0.05) is 0 Å². The van der Waals surface area contributed by atoms with Crippen molar-refractivity contribution in [1.29, 1.82) is 0 Å². The van der Waals surface area contributed by atoms with Crippen LogP contribution in [0.15, 0.2) is 0 Å². The minimum Gasteiger partial charge on any atom is -0.326 e. The molecular formula is C16H28N2. The first-order valence-electron chi connectivity index (χ1n) is 8.14. The first kappa shape index (κ1) is 11.7. The Morgan fingerprint density at radius 2 is 1.61 bits per heavy atom. The van der Waals surface area contributed by atoms with Crippen LogP contribution in [0.1, 0.15) is 51.9 Å². The van der Waals surface area contributed by atoms with Crippen LogP contribution in [0.5, 0.6) is 0 Å². The molecule has 2 nitrogen and oxygen atoms in total. The molecule has 4 aliphatic carbocycles. The number of nitrogens with two attached hydrogens (primary N) is 1. The average molecular weight is 248 g/mol. The second kappa shape index (κ2) is 3.96. The van der Waals surface area contributed by atoms with Crippen molar-refractivity contribution in [3.63, 3.8) is 0 Å². The van der Waals surface area contributed by atoms with E-state index in [2.05, 4.69) is 11.8 Å². The third-order valence-electron chi connectivity index (χ3n) is 6.78. The Morgan fingerprint density at radius 1 is 1.06 bits per heavy atom. The van der Waals surface area contributed by atoms with E-state index in [1.807, 2.05) is 0 Å². The van der Waals surface area contributed by atoms with Crippen molar-refractivity contribution < 1.29 is 0 Å². The third kappa shape index (κ3) is 1.68. The lowest BCUT2D eigenvalue weighted by Gasteiger charge is -2.60. The summed E-state index contributed by atoms with van der Waals surface area (Å²) in [7, 11) is 0. The number of rotatable bonds is 2. The molecule has 102 valence electrons. The fourth-order valence-corrected chi connectivity index (χ4v) is 6.24. The molecular weight excluding hydrogens is 220 g/mol. The Balaban J connectivity index is 1.56. The summed E-state index contributed by atoms with van der Waals surface area (Å²) in [5, 5.41) is 0. The Labute approximate surface area is 111 Å². The Bertz CT molecular complexity index is 303. The van der Waals surface area contributed by atoms with Crippen LogP contribution in [-0.2, 0) is 0 Å². The molecule has 4 bridgehead atoms. The van der Waals surface area contributed by atoms with E-state index >= 15 is 0 Å². The van der Waals surface area contributed by atoms with Gasteiger partial charge in [-0.05, 0) is 75.0 Å². The SMILES string of the molecule is CC(N1CCC(N)C1)C12CC3CC(CC(C3)C1)C2. The van der Waals surface area contributed by atoms with Crippen molar-refractivity contribution in [2.45, 2.75) is 64.0 Å². The summed E-state index contributed by atoms with van der Waals surface area (Å²) in [5.74, 6) is 3.24. The smallest absolute Gasteiger partial charge is 0.0180 e. The van der Waals surface area contributed by atoms with Gasteiger partial charge in [0.15, 0.2) is 0 Å². The normalized spacial score (nSPS) is 53.0. The third-order valence-corrected chi connectivity index (χ3v) is 6.78. The monoisotopic (exact) mass is 248 g/mol. The molecule has 0 aromatic rings. The van der Waals surface area contributed by atoms with Crippen molar-refractivity contribution in [3.8, 4) is 0 Å². The number of likely N-dealkylation sites (tertiary alicyclic amines) is 1. The first-order valence-corrected chi connectivity index (χ1v) is 8.14. The van der Waals surface area contributed by atoms with Gasteiger partial charge in [0, 0.05) is 25.2 Å². The van der Waals surface area contributed by atoms with Gasteiger partial charge in [-0.15, -0.1) is 0 Å². The Morgan fingerprint density at radius 3 is 2.06 bits per heavy atom. The van der Waals surface area contributed by atoms with Crippen LogP contribution in [0.4, 0.5) is 0 Å². The van der Waals surface area contributed by atoms with Gasteiger partial charge in [-0.3, -0.25) is 4.90 Å². The lowest BCUT2D eigenvalue weighted by atomic mass is 9.47. The van der Waals surface area contributed by atoms with E-state index < -0.39 is 0 Å². The molecule has 5 rings (SSSR count). The Kier molecular flexibility index (Phi) is 2.58. The van der Waals surface area contributed by atoms with Gasteiger partial charge in [0.1, 0.15) is 0 Å². The quantitative estimate of drug-likeness (QED) is 0.814. The largest absolute Gasteiger partial charge is 0.326 e. The molecule has 2 unspecified atom stereocenters. The molecule has 2 atom stereocenters. The van der Waals surface area contributed by atoms with Crippen LogP contribution in [0, 0.1) is 23.2 Å². The zero-order valence-corrected chi connectivity index (χ0v) is 11.8. The Hall–Kier alpha value is -0.0800. The minimum absolute atomic E-state index is 0.446. The van der Waals surface area contributed by atoms with Crippen molar-refractivity contribution in [2.75, 3.05) is 13.1 Å². The van der Waals surface area contributed by atoms with E-state index in [0.29, 0.717) is 11.5 Å². The molecule has 0 aromatic carbocycles. The van der Waals surface area contributed by atoms with E-state index in [0.717, 1.165) is 30.3 Å². The fraction of sp³-hybridized carbons (Fsp3) is 1.00. The lowest BCUT2D eigenvalue weighted by Crippen LogP contribution is -2.55. The molecule has 0 radical (unpaired) electrons. The van der Waals surface area contributed by atoms with Gasteiger partial charge in [-0.2, -0.15) is 0 Å². The summed E-state index contributed by atoms with van der Waals surface area (Å²) >= 11 is 0. The van der Waals surface area contributed by atoms with Crippen LogP contribution in [-0.4, -0.2) is 30.1 Å². The zero-order valence-electron chi connectivity index (χ0n) is 11.8. The maximum absolute atomic E-state index is 6.11. The summed E-state index contributed by atoms with van der Waals surface area (Å²) in [6.07, 6.45) is 10.5. The standard InChI is InChI=1S/C16H28N2/c1-11(18-3-2-15(17)10-18)16-7-12-4-13(8-16)6-14(5-12)9-16/h11-15H,2-10,17H2,1H3. The molecule has 0 spiro atoms. The van der Waals surface area contributed by atoms with Gasteiger partial charge in [0.05, 0.1) is 0 Å². The molecule has 1 saturated heterocycles. The molecule has 1 heterocycles. The van der Waals surface area contributed by atoms with E-state index in [4.69, 9.17) is 5.73 Å². The summed E-state index contributed by atoms with van der Waals surface area (Å²) in [5.41, 5.74) is 6.79. The second-order valence-corrected chi connectivity index (χ2v) is 8.00. The molecule has 0 aromatic heterocycles. The highest BCUT2D eigenvalue weighted by atomic mass is 15.2. The van der Waals surface area contributed by atoms with Gasteiger partial charge in [0.2, 0.25) is 0 Å². The van der Waals surface area contributed by atoms with Gasteiger partial charge in [-0.25, -0.2) is 0 Å². The van der Waals surface area contributed by atoms with E-state index in [1.165, 1.54) is 32.2 Å². The number of nitrogens with zero attached hydrogens (tertiary/aromatic N) is 1. The van der Waals surface area contributed by atoms with Crippen molar-refractivity contribution in [1.82, 2.24) is 4.90 Å². The van der Waals surface area contributed by atoms with Crippen molar-refractivity contribution in [2.24, 2.45) is 28.9 Å². The highest BCUT2D eigenvalue weighted by molar-refractivity contribution is 5.06. The van der Waals surface area contributed by atoms with Crippen LogP contribution in [0.25, 0.3) is 0 Å². The van der Waals surface area contributed by atoms with Crippen LogP contribution >= 0.6 is 0 Å². The van der Waals surface area contributed by atoms with Gasteiger partial charge >= 0.3 is 0 Å². The van der Waals surface area contributed by atoms with E-state index in [9.17, 15) is 0 Å². The van der Waals surface area contributed by atoms with E-state index in [-0.39, 0.29) is 0 Å². The first-order chi connectivity index (χ1) is 8.64. The molecule has 4 saturated carbocycles. The molecule has 2 N–H and O–H groups in total. The molecule has 2 heteroatoms. The number of hydrogen-bond donors (Lipinski definition) is 1. The predicted molar refractivity (Wildman–Crippen MR) is 74.2 cm³/mol. The van der Waals surface area contributed by atoms with Crippen molar-refractivity contribution in [3.05, 3.63) is 0 Å². The molecule has 1 aliphatic heterocycles. The molecule has 5 fully saturated rings. The second-order valence-electron chi connectivity index (χ2n) is 8.00. The van der Waals surface area contributed by atoms with Gasteiger partial charge < -0.3 is 5.73 Å². The van der Waals surface area contributed by atoms with Gasteiger partial charge in [0.25, 0.3) is 0 Å². The highest BCUT2D eigenvalue weighted by Crippen LogP contribution is 2.62. The highest BCUT2D eigenvalue weighted by Gasteiger charge is 2.54. The number of hydrogen-bond acceptors (Lipinski definition) is 2. The summed E-state index contributed by atoms with van der Waals surface area (Å²) in [6.45, 7) is 4.93. The molecule has 18 heavy (non-hydrogen) atoms. The minimum atomic E-state index is 0.446. The van der Waals surface area contributed by atoms with Crippen LogP contribution in [0.3, 0.4) is 0 Å². The molecule has 5 aliphatic rings. The van der Waals surface area contributed by atoms with E-state index in [1.54, 1.807) is 19.3 Å². The summed E-state index contributed by atoms with van der Waals surface area (Å²) in [6, 6.07) is 1.24. The lowest BCUT2D eigenvalue weighted by molar-refractivity contribution is -0.0931. The summed E-state index contributed by atoms with van der Waals surface area (Å²) in [4.78, 5) is 2.72. The average Bonchev–Trinajstić information content (AvgIpc) is 2.73. The van der Waals surface area contributed by atoms with Crippen LogP contribution < -0.4 is 5.73 Å². The zero-order chi connectivity index (χ0) is 12.3. The summed E-state index contributed by atoms with van der Waals surface area (Å²) < 4.78 is 0. The maximum atomic E-state index is 6.11. The molecule has 0 amide bonds. The van der Waals surface area contributed by atoms with Crippen molar-refractivity contribution >= 4 is 0 Å².